The highest BCUT2D eigenvalue weighted by Crippen LogP contribution is 2.24. The van der Waals surface area contributed by atoms with Crippen LogP contribution in [-0.2, 0) is 26.0 Å². The summed E-state index contributed by atoms with van der Waals surface area (Å²) in [4.78, 5) is 27.3. The minimum Gasteiger partial charge on any atom is -0.354 e. The first-order valence-corrected chi connectivity index (χ1v) is 12.8. The molecule has 0 saturated carbocycles. The second-order valence-corrected chi connectivity index (χ2v) is 9.97. The molecule has 0 aliphatic carbocycles. The molecule has 0 spiro atoms. The van der Waals surface area contributed by atoms with Gasteiger partial charge in [-0.05, 0) is 43.5 Å². The van der Waals surface area contributed by atoms with Gasteiger partial charge < -0.3 is 10.2 Å². The predicted octanol–water partition coefficient (Wildman–Crippen LogP) is 3.23. The van der Waals surface area contributed by atoms with E-state index in [1.807, 2.05) is 37.3 Å². The molecule has 180 valence electrons. The quantitative estimate of drug-likeness (QED) is 0.516. The Labute approximate surface area is 199 Å². The monoisotopic (exact) mass is 497 g/mol. The van der Waals surface area contributed by atoms with E-state index in [0.29, 0.717) is 13.0 Å². The molecule has 1 atom stereocenters. The summed E-state index contributed by atoms with van der Waals surface area (Å²) < 4.78 is 39.3. The number of halogens is 2. The van der Waals surface area contributed by atoms with Gasteiger partial charge in [-0.2, -0.15) is 0 Å². The molecule has 7 nitrogen and oxygen atoms in total. The van der Waals surface area contributed by atoms with Crippen LogP contribution >= 0.6 is 11.6 Å². The van der Waals surface area contributed by atoms with Crippen molar-refractivity contribution < 1.29 is 22.4 Å². The average molecular weight is 498 g/mol. The highest BCUT2D eigenvalue weighted by atomic mass is 35.5. The number of benzene rings is 2. The molecule has 0 heterocycles. The highest BCUT2D eigenvalue weighted by molar-refractivity contribution is 7.92. The second-order valence-electron chi connectivity index (χ2n) is 7.66. The van der Waals surface area contributed by atoms with E-state index in [4.69, 9.17) is 11.6 Å². The molecule has 0 radical (unpaired) electrons. The average Bonchev–Trinajstić information content (AvgIpc) is 2.77. The lowest BCUT2D eigenvalue weighted by Crippen LogP contribution is -2.52. The van der Waals surface area contributed by atoms with Crippen LogP contribution in [0, 0.1) is 5.82 Å². The van der Waals surface area contributed by atoms with Gasteiger partial charge in [0.2, 0.25) is 21.8 Å². The Kier molecular flexibility index (Phi) is 9.67. The zero-order valence-electron chi connectivity index (χ0n) is 18.9. The third kappa shape index (κ3) is 7.71. The number of hydrogen-bond donors (Lipinski definition) is 1. The van der Waals surface area contributed by atoms with Gasteiger partial charge in [-0.3, -0.25) is 13.9 Å². The number of sulfonamides is 1. The molecule has 0 saturated heterocycles. The second kappa shape index (κ2) is 12.0. The molecule has 0 aliphatic heterocycles. The Hall–Kier alpha value is -2.65. The number of hydrogen-bond acceptors (Lipinski definition) is 4. The normalized spacial score (nSPS) is 12.2. The van der Waals surface area contributed by atoms with Crippen LogP contribution in [0.2, 0.25) is 5.02 Å². The molecule has 1 N–H and O–H groups in total. The maximum Gasteiger partial charge on any atom is 0.244 e. The summed E-state index contributed by atoms with van der Waals surface area (Å²) in [5.74, 6) is -1.59. The van der Waals surface area contributed by atoms with Crippen LogP contribution in [-0.4, -0.2) is 57.1 Å². The summed E-state index contributed by atoms with van der Waals surface area (Å²) in [5.41, 5.74) is 1.03. The summed E-state index contributed by atoms with van der Waals surface area (Å²) in [6, 6.07) is 12.1. The summed E-state index contributed by atoms with van der Waals surface area (Å²) in [7, 11) is -3.90. The van der Waals surface area contributed by atoms with Gasteiger partial charge in [-0.25, -0.2) is 12.8 Å². The van der Waals surface area contributed by atoms with Crippen molar-refractivity contribution in [1.29, 1.82) is 0 Å². The van der Waals surface area contributed by atoms with Crippen LogP contribution in [0.25, 0.3) is 0 Å². The van der Waals surface area contributed by atoms with Gasteiger partial charge >= 0.3 is 0 Å². The van der Waals surface area contributed by atoms with E-state index in [1.54, 1.807) is 6.92 Å². The Balaban J connectivity index is 2.31. The maximum atomic E-state index is 13.6. The Morgan fingerprint density at radius 1 is 1.15 bits per heavy atom. The SMILES string of the molecule is CCCNC(=O)[C@H](C)N(CCc1ccccc1)C(=O)CN(c1ccc(F)c(Cl)c1)S(C)(=O)=O. The van der Waals surface area contributed by atoms with Gasteiger partial charge in [0.1, 0.15) is 18.4 Å². The standard InChI is InChI=1S/C23H29ClFN3O4S/c1-4-13-26-23(30)17(2)27(14-12-18-8-6-5-7-9-18)22(29)16-28(33(3,31)32)19-10-11-21(25)20(24)15-19/h5-11,15,17H,4,12-14,16H2,1-3H3,(H,26,30)/t17-/m0/s1. The van der Waals surface area contributed by atoms with E-state index in [9.17, 15) is 22.4 Å². The minimum atomic E-state index is -3.90. The molecule has 2 aromatic rings. The van der Waals surface area contributed by atoms with E-state index >= 15 is 0 Å². The smallest absolute Gasteiger partial charge is 0.244 e. The van der Waals surface area contributed by atoms with Crippen molar-refractivity contribution in [2.75, 3.05) is 30.2 Å². The summed E-state index contributed by atoms with van der Waals surface area (Å²) in [5, 5.41) is 2.51. The van der Waals surface area contributed by atoms with Crippen molar-refractivity contribution in [2.24, 2.45) is 0 Å². The summed E-state index contributed by atoms with van der Waals surface area (Å²) in [6.07, 6.45) is 2.17. The van der Waals surface area contributed by atoms with E-state index in [1.165, 1.54) is 11.0 Å². The molecular weight excluding hydrogens is 469 g/mol. The van der Waals surface area contributed by atoms with Crippen LogP contribution in [0.4, 0.5) is 10.1 Å². The van der Waals surface area contributed by atoms with Crippen LogP contribution < -0.4 is 9.62 Å². The van der Waals surface area contributed by atoms with Crippen LogP contribution in [0.5, 0.6) is 0 Å². The lowest BCUT2D eigenvalue weighted by molar-refractivity contribution is -0.138. The van der Waals surface area contributed by atoms with Crippen LogP contribution in [0.3, 0.4) is 0 Å². The van der Waals surface area contributed by atoms with Crippen molar-refractivity contribution in [3.63, 3.8) is 0 Å². The van der Waals surface area contributed by atoms with Crippen molar-refractivity contribution in [1.82, 2.24) is 10.2 Å². The number of anilines is 1. The van der Waals surface area contributed by atoms with E-state index < -0.39 is 34.3 Å². The fraction of sp³-hybridized carbons (Fsp3) is 0.391. The number of rotatable bonds is 11. The third-order valence-electron chi connectivity index (χ3n) is 5.07. The molecule has 0 bridgehead atoms. The molecule has 0 fully saturated rings. The largest absolute Gasteiger partial charge is 0.354 e. The Morgan fingerprint density at radius 3 is 2.39 bits per heavy atom. The third-order valence-corrected chi connectivity index (χ3v) is 6.50. The van der Waals surface area contributed by atoms with Crippen LogP contribution in [0.1, 0.15) is 25.8 Å². The van der Waals surface area contributed by atoms with Crippen molar-refractivity contribution in [2.45, 2.75) is 32.7 Å². The molecule has 2 rings (SSSR count). The van der Waals surface area contributed by atoms with Gasteiger partial charge in [0, 0.05) is 13.1 Å². The molecule has 2 amide bonds. The maximum absolute atomic E-state index is 13.6. The lowest BCUT2D eigenvalue weighted by atomic mass is 10.1. The predicted molar refractivity (Wildman–Crippen MR) is 128 cm³/mol. The van der Waals surface area contributed by atoms with E-state index in [-0.39, 0.29) is 23.2 Å². The number of nitrogens with one attached hydrogen (secondary N) is 1. The highest BCUT2D eigenvalue weighted by Gasteiger charge is 2.29. The van der Waals surface area contributed by atoms with Gasteiger partial charge in [0.25, 0.3) is 0 Å². The topological polar surface area (TPSA) is 86.8 Å². The Morgan fingerprint density at radius 2 is 1.82 bits per heavy atom. The summed E-state index contributed by atoms with van der Waals surface area (Å²) >= 11 is 5.82. The van der Waals surface area contributed by atoms with Crippen LogP contribution in [0.15, 0.2) is 48.5 Å². The first-order valence-electron chi connectivity index (χ1n) is 10.6. The molecule has 2 aromatic carbocycles. The fourth-order valence-electron chi connectivity index (χ4n) is 3.22. The van der Waals surface area contributed by atoms with Gasteiger partial charge in [0.15, 0.2) is 0 Å². The number of carbonyl (C=O) groups is 2. The van der Waals surface area contributed by atoms with Gasteiger partial charge in [-0.15, -0.1) is 0 Å². The lowest BCUT2D eigenvalue weighted by Gasteiger charge is -2.31. The molecule has 33 heavy (non-hydrogen) atoms. The van der Waals surface area contributed by atoms with Gasteiger partial charge in [0.05, 0.1) is 17.0 Å². The zero-order chi connectivity index (χ0) is 24.6. The van der Waals surface area contributed by atoms with Crippen molar-refractivity contribution >= 4 is 39.1 Å². The van der Waals surface area contributed by atoms with E-state index in [2.05, 4.69) is 5.32 Å². The molecule has 0 aliphatic rings. The molecule has 0 aromatic heterocycles. The first-order chi connectivity index (χ1) is 15.5. The summed E-state index contributed by atoms with van der Waals surface area (Å²) in [6.45, 7) is 3.65. The van der Waals surface area contributed by atoms with E-state index in [0.717, 1.165) is 34.7 Å². The Bertz CT molecular complexity index is 1070. The van der Waals surface area contributed by atoms with Crippen molar-refractivity contribution in [3.05, 3.63) is 64.9 Å². The number of carbonyl (C=O) groups excluding carboxylic acids is 2. The zero-order valence-corrected chi connectivity index (χ0v) is 20.5. The van der Waals surface area contributed by atoms with Gasteiger partial charge in [-0.1, -0.05) is 48.9 Å². The molecule has 0 unspecified atom stereocenters. The number of amides is 2. The first kappa shape index (κ1) is 26.6. The number of nitrogens with zero attached hydrogens (tertiary/aromatic N) is 2. The molecular formula is C23H29ClFN3O4S. The minimum absolute atomic E-state index is 0.0587. The fourth-order valence-corrected chi connectivity index (χ4v) is 4.24. The van der Waals surface area contributed by atoms with Crippen molar-refractivity contribution in [3.8, 4) is 0 Å². The molecule has 10 heteroatoms.